The van der Waals surface area contributed by atoms with E-state index in [-0.39, 0.29) is 23.5 Å². The van der Waals surface area contributed by atoms with Crippen LogP contribution in [0.1, 0.15) is 40.5 Å². The summed E-state index contributed by atoms with van der Waals surface area (Å²) in [5, 5.41) is 0. The number of pyridine rings is 1. The van der Waals surface area contributed by atoms with E-state index in [1.807, 2.05) is 4.90 Å². The number of hydrogen-bond acceptors (Lipinski definition) is 5. The van der Waals surface area contributed by atoms with Crippen LogP contribution in [-0.4, -0.2) is 36.4 Å². The lowest BCUT2D eigenvalue weighted by atomic mass is 9.89. The highest BCUT2D eigenvalue weighted by molar-refractivity contribution is 5.98. The molecule has 0 N–H and O–H groups in total. The summed E-state index contributed by atoms with van der Waals surface area (Å²) in [6, 6.07) is 9.09. The standard InChI is InChI=1S/C20H21FN2O3/c1-2-26-20(25)17-4-3-11-22-19(17)23-12-9-15(10-13-23)18(24)14-5-7-16(21)8-6-14/h3-8,11,15H,2,9-10,12-13H2,1H3. The number of piperidine rings is 1. The summed E-state index contributed by atoms with van der Waals surface area (Å²) in [4.78, 5) is 31.1. The van der Waals surface area contributed by atoms with Crippen LogP contribution in [0.15, 0.2) is 42.6 Å². The third-order valence-corrected chi connectivity index (χ3v) is 4.58. The molecule has 2 heterocycles. The van der Waals surface area contributed by atoms with E-state index in [4.69, 9.17) is 4.74 Å². The van der Waals surface area contributed by atoms with Gasteiger partial charge >= 0.3 is 5.97 Å². The summed E-state index contributed by atoms with van der Waals surface area (Å²) in [6.45, 7) is 3.32. The molecule has 1 fully saturated rings. The van der Waals surface area contributed by atoms with Gasteiger partial charge in [-0.1, -0.05) is 0 Å². The first kappa shape index (κ1) is 18.0. The quantitative estimate of drug-likeness (QED) is 0.606. The van der Waals surface area contributed by atoms with Gasteiger partial charge in [0.25, 0.3) is 0 Å². The van der Waals surface area contributed by atoms with Crippen molar-refractivity contribution >= 4 is 17.6 Å². The molecule has 136 valence electrons. The lowest BCUT2D eigenvalue weighted by molar-refractivity contribution is 0.0526. The molecule has 1 aromatic heterocycles. The fourth-order valence-electron chi connectivity index (χ4n) is 3.22. The van der Waals surface area contributed by atoms with Gasteiger partial charge in [0.1, 0.15) is 17.2 Å². The van der Waals surface area contributed by atoms with Gasteiger partial charge < -0.3 is 9.64 Å². The van der Waals surface area contributed by atoms with E-state index >= 15 is 0 Å². The van der Waals surface area contributed by atoms with Crippen LogP contribution in [0.3, 0.4) is 0 Å². The van der Waals surface area contributed by atoms with Gasteiger partial charge in [0, 0.05) is 30.8 Å². The van der Waals surface area contributed by atoms with E-state index in [0.717, 1.165) is 0 Å². The van der Waals surface area contributed by atoms with Crippen LogP contribution < -0.4 is 4.90 Å². The van der Waals surface area contributed by atoms with Gasteiger partial charge in [0.2, 0.25) is 0 Å². The largest absolute Gasteiger partial charge is 0.462 e. The van der Waals surface area contributed by atoms with E-state index in [2.05, 4.69) is 4.98 Å². The van der Waals surface area contributed by atoms with Crippen molar-refractivity contribution in [2.75, 3.05) is 24.6 Å². The molecule has 1 aromatic carbocycles. The zero-order chi connectivity index (χ0) is 18.5. The molecule has 5 nitrogen and oxygen atoms in total. The predicted molar refractivity (Wildman–Crippen MR) is 95.9 cm³/mol. The SMILES string of the molecule is CCOC(=O)c1cccnc1N1CCC(C(=O)c2ccc(F)cc2)CC1. The number of carbonyl (C=O) groups excluding carboxylic acids is 2. The normalized spacial score (nSPS) is 14.9. The maximum Gasteiger partial charge on any atom is 0.341 e. The van der Waals surface area contributed by atoms with Crippen molar-refractivity contribution in [2.24, 2.45) is 5.92 Å². The van der Waals surface area contributed by atoms with Gasteiger partial charge in [-0.15, -0.1) is 0 Å². The lowest BCUT2D eigenvalue weighted by Crippen LogP contribution is -2.37. The molecular formula is C20H21FN2O3. The molecule has 0 atom stereocenters. The second-order valence-electron chi connectivity index (χ2n) is 6.23. The molecule has 1 saturated heterocycles. The van der Waals surface area contributed by atoms with Crippen molar-refractivity contribution in [1.29, 1.82) is 0 Å². The molecule has 1 aliphatic rings. The van der Waals surface area contributed by atoms with E-state index < -0.39 is 0 Å². The highest BCUT2D eigenvalue weighted by Gasteiger charge is 2.28. The van der Waals surface area contributed by atoms with Crippen LogP contribution in [0.4, 0.5) is 10.2 Å². The molecule has 0 bridgehead atoms. The lowest BCUT2D eigenvalue weighted by Gasteiger charge is -2.33. The van der Waals surface area contributed by atoms with Gasteiger partial charge in [0.05, 0.1) is 6.61 Å². The van der Waals surface area contributed by atoms with Crippen molar-refractivity contribution in [2.45, 2.75) is 19.8 Å². The van der Waals surface area contributed by atoms with Crippen LogP contribution in [0.25, 0.3) is 0 Å². The molecule has 0 unspecified atom stereocenters. The highest BCUT2D eigenvalue weighted by atomic mass is 19.1. The minimum atomic E-state index is -0.389. The molecule has 0 spiro atoms. The minimum absolute atomic E-state index is 0.0382. The number of aromatic nitrogens is 1. The number of esters is 1. The van der Waals surface area contributed by atoms with Gasteiger partial charge in [-0.25, -0.2) is 14.2 Å². The summed E-state index contributed by atoms with van der Waals surface area (Å²) in [5.41, 5.74) is 0.979. The molecule has 0 aliphatic carbocycles. The Kier molecular flexibility index (Phi) is 5.61. The summed E-state index contributed by atoms with van der Waals surface area (Å²) >= 11 is 0. The predicted octanol–water partition coefficient (Wildman–Crippen LogP) is 3.50. The smallest absolute Gasteiger partial charge is 0.341 e. The Hall–Kier alpha value is -2.76. The Morgan fingerprint density at radius 1 is 1.19 bits per heavy atom. The van der Waals surface area contributed by atoms with Gasteiger partial charge in [-0.3, -0.25) is 4.79 Å². The van der Waals surface area contributed by atoms with Crippen LogP contribution >= 0.6 is 0 Å². The number of ketones is 1. The molecular weight excluding hydrogens is 335 g/mol. The molecule has 1 aliphatic heterocycles. The number of carbonyl (C=O) groups is 2. The molecule has 6 heteroatoms. The maximum absolute atomic E-state index is 13.0. The average Bonchev–Trinajstić information content (AvgIpc) is 2.68. The number of benzene rings is 1. The van der Waals surface area contributed by atoms with Crippen LogP contribution in [0.2, 0.25) is 0 Å². The zero-order valence-electron chi connectivity index (χ0n) is 14.7. The average molecular weight is 356 g/mol. The molecule has 26 heavy (non-hydrogen) atoms. The van der Waals surface area contributed by atoms with E-state index in [1.165, 1.54) is 24.3 Å². The zero-order valence-corrected chi connectivity index (χ0v) is 14.7. The van der Waals surface area contributed by atoms with Gasteiger partial charge in [0.15, 0.2) is 5.78 Å². The van der Waals surface area contributed by atoms with Crippen molar-refractivity contribution in [3.63, 3.8) is 0 Å². The van der Waals surface area contributed by atoms with E-state index in [1.54, 1.807) is 25.3 Å². The first-order valence-corrected chi connectivity index (χ1v) is 8.77. The first-order valence-electron chi connectivity index (χ1n) is 8.77. The van der Waals surface area contributed by atoms with Crippen LogP contribution in [0, 0.1) is 11.7 Å². The third-order valence-electron chi connectivity index (χ3n) is 4.58. The second kappa shape index (κ2) is 8.08. The highest BCUT2D eigenvalue weighted by Crippen LogP contribution is 2.27. The van der Waals surface area contributed by atoms with Gasteiger partial charge in [-0.05, 0) is 56.2 Å². The molecule has 0 saturated carbocycles. The van der Waals surface area contributed by atoms with Crippen LogP contribution in [-0.2, 0) is 4.74 Å². The Morgan fingerprint density at radius 3 is 2.54 bits per heavy atom. The number of hydrogen-bond donors (Lipinski definition) is 0. The number of ether oxygens (including phenoxy) is 1. The van der Waals surface area contributed by atoms with E-state index in [9.17, 15) is 14.0 Å². The van der Waals surface area contributed by atoms with Crippen molar-refractivity contribution in [1.82, 2.24) is 4.98 Å². The van der Waals surface area contributed by atoms with Gasteiger partial charge in [-0.2, -0.15) is 0 Å². The Labute approximate surface area is 151 Å². The minimum Gasteiger partial charge on any atom is -0.462 e. The van der Waals surface area contributed by atoms with Crippen molar-refractivity contribution < 1.29 is 18.7 Å². The topological polar surface area (TPSA) is 59.5 Å². The Balaban J connectivity index is 1.68. The molecule has 2 aromatic rings. The maximum atomic E-state index is 13.0. The first-order chi connectivity index (χ1) is 12.6. The number of anilines is 1. The fraction of sp³-hybridized carbons (Fsp3) is 0.350. The van der Waals surface area contributed by atoms with E-state index in [0.29, 0.717) is 49.5 Å². The van der Waals surface area contributed by atoms with Crippen LogP contribution in [0.5, 0.6) is 0 Å². The Morgan fingerprint density at radius 2 is 1.88 bits per heavy atom. The van der Waals surface area contributed by atoms with Crippen molar-refractivity contribution in [3.05, 3.63) is 59.5 Å². The third kappa shape index (κ3) is 3.90. The second-order valence-corrected chi connectivity index (χ2v) is 6.23. The number of nitrogens with zero attached hydrogens (tertiary/aromatic N) is 2. The number of Topliss-reactive ketones (excluding diaryl/α,β-unsaturated/α-hetero) is 1. The monoisotopic (exact) mass is 356 g/mol. The summed E-state index contributed by atoms with van der Waals surface area (Å²) in [5.74, 6) is -0.209. The molecule has 3 rings (SSSR count). The summed E-state index contributed by atoms with van der Waals surface area (Å²) in [7, 11) is 0. The van der Waals surface area contributed by atoms with Crippen molar-refractivity contribution in [3.8, 4) is 0 Å². The summed E-state index contributed by atoms with van der Waals surface area (Å²) in [6.07, 6.45) is 2.97. The Bertz CT molecular complexity index is 784. The number of halogens is 1. The molecule has 0 radical (unpaired) electrons. The summed E-state index contributed by atoms with van der Waals surface area (Å²) < 4.78 is 18.1. The fourth-order valence-corrected chi connectivity index (χ4v) is 3.22. The number of rotatable bonds is 5. The molecule has 0 amide bonds.